The predicted molar refractivity (Wildman–Crippen MR) is 117 cm³/mol. The fraction of sp³-hybridized carbons (Fsp3) is 0.375. The zero-order valence-corrected chi connectivity index (χ0v) is 17.7. The number of ether oxygens (including phenoxy) is 1. The summed E-state index contributed by atoms with van der Waals surface area (Å²) in [6.45, 7) is 7.54. The molecule has 2 heterocycles. The molecule has 4 nitrogen and oxygen atoms in total. The van der Waals surface area contributed by atoms with Crippen molar-refractivity contribution in [1.29, 1.82) is 0 Å². The van der Waals surface area contributed by atoms with Gasteiger partial charge in [0.1, 0.15) is 11.3 Å². The molecule has 0 atom stereocenters. The second kappa shape index (κ2) is 8.60. The number of likely N-dealkylation sites (tertiary alicyclic amines) is 1. The van der Waals surface area contributed by atoms with Crippen LogP contribution in [-0.2, 0) is 6.54 Å². The lowest BCUT2D eigenvalue weighted by Crippen LogP contribution is -2.35. The zero-order chi connectivity index (χ0) is 20.4. The molecule has 152 valence electrons. The van der Waals surface area contributed by atoms with E-state index in [1.54, 1.807) is 6.92 Å². The number of hydrogen-bond acceptors (Lipinski definition) is 4. The third-order valence-electron chi connectivity index (χ3n) is 5.94. The van der Waals surface area contributed by atoms with Gasteiger partial charge in [-0.25, -0.2) is 4.79 Å². The van der Waals surface area contributed by atoms with Crippen LogP contribution in [0.3, 0.4) is 0 Å². The van der Waals surface area contributed by atoms with E-state index in [9.17, 15) is 4.79 Å². The van der Waals surface area contributed by atoms with Gasteiger partial charge in [-0.15, -0.1) is 0 Å². The van der Waals surface area contributed by atoms with Crippen molar-refractivity contribution in [3.05, 3.63) is 74.6 Å². The van der Waals surface area contributed by atoms with E-state index in [-0.39, 0.29) is 5.63 Å². The van der Waals surface area contributed by atoms with E-state index in [2.05, 4.69) is 17.0 Å². The van der Waals surface area contributed by atoms with Crippen molar-refractivity contribution in [3.8, 4) is 5.75 Å². The van der Waals surface area contributed by atoms with E-state index in [0.29, 0.717) is 23.7 Å². The second-order valence-corrected chi connectivity index (χ2v) is 8.39. The molecular weight excluding hydrogens is 386 g/mol. The lowest BCUT2D eigenvalue weighted by atomic mass is 9.97. The summed E-state index contributed by atoms with van der Waals surface area (Å²) < 4.78 is 11.5. The molecular formula is C24H26ClNO3. The van der Waals surface area contributed by atoms with Gasteiger partial charge in [-0.1, -0.05) is 23.7 Å². The van der Waals surface area contributed by atoms with Gasteiger partial charge in [0.25, 0.3) is 0 Å². The molecule has 0 spiro atoms. The Hall–Kier alpha value is -2.30. The van der Waals surface area contributed by atoms with Gasteiger partial charge in [0, 0.05) is 28.6 Å². The molecule has 29 heavy (non-hydrogen) atoms. The normalized spacial score (nSPS) is 15.7. The molecule has 1 aliphatic heterocycles. The first-order valence-electron chi connectivity index (χ1n) is 10.1. The van der Waals surface area contributed by atoms with Gasteiger partial charge in [-0.2, -0.15) is 0 Å². The van der Waals surface area contributed by atoms with Crippen LogP contribution >= 0.6 is 11.6 Å². The van der Waals surface area contributed by atoms with Gasteiger partial charge in [0.2, 0.25) is 0 Å². The number of halogens is 1. The summed E-state index contributed by atoms with van der Waals surface area (Å²) in [7, 11) is 0. The van der Waals surface area contributed by atoms with Crippen molar-refractivity contribution in [2.24, 2.45) is 5.92 Å². The van der Waals surface area contributed by atoms with Gasteiger partial charge in [-0.3, -0.25) is 4.90 Å². The highest BCUT2D eigenvalue weighted by Gasteiger charge is 2.20. The summed E-state index contributed by atoms with van der Waals surface area (Å²) >= 11 is 5.96. The maximum absolute atomic E-state index is 11.9. The number of aryl methyl sites for hydroxylation is 1. The van der Waals surface area contributed by atoms with E-state index < -0.39 is 0 Å². The van der Waals surface area contributed by atoms with Gasteiger partial charge in [0.05, 0.1) is 6.61 Å². The Kier molecular flexibility index (Phi) is 5.93. The van der Waals surface area contributed by atoms with Gasteiger partial charge >= 0.3 is 5.63 Å². The first kappa shape index (κ1) is 20.0. The zero-order valence-electron chi connectivity index (χ0n) is 16.9. The molecule has 0 amide bonds. The number of hydrogen-bond donors (Lipinski definition) is 0. The van der Waals surface area contributed by atoms with E-state index in [1.165, 1.54) is 5.56 Å². The topological polar surface area (TPSA) is 42.7 Å². The highest BCUT2D eigenvalue weighted by atomic mass is 35.5. The quantitative estimate of drug-likeness (QED) is 0.530. The second-order valence-electron chi connectivity index (χ2n) is 7.95. The summed E-state index contributed by atoms with van der Waals surface area (Å²) in [5.74, 6) is 1.30. The molecule has 2 aromatic carbocycles. The highest BCUT2D eigenvalue weighted by Crippen LogP contribution is 2.26. The number of fused-ring (bicyclic) bond motifs is 1. The largest absolute Gasteiger partial charge is 0.493 e. The Bertz CT molecular complexity index is 1050. The highest BCUT2D eigenvalue weighted by molar-refractivity contribution is 6.30. The molecule has 0 saturated carbocycles. The predicted octanol–water partition coefficient (Wildman–Crippen LogP) is 5.35. The number of benzene rings is 2. The maximum atomic E-state index is 11.9. The summed E-state index contributed by atoms with van der Waals surface area (Å²) in [6, 6.07) is 13.9. The molecule has 3 aromatic rings. The van der Waals surface area contributed by atoms with Crippen LogP contribution in [-0.4, -0.2) is 24.6 Å². The van der Waals surface area contributed by atoms with E-state index in [0.717, 1.165) is 54.2 Å². The average Bonchev–Trinajstić information content (AvgIpc) is 2.73. The van der Waals surface area contributed by atoms with Gasteiger partial charge in [-0.05, 0) is 81.1 Å². The lowest BCUT2D eigenvalue weighted by molar-refractivity contribution is 0.137. The van der Waals surface area contributed by atoms with Crippen LogP contribution in [0.4, 0.5) is 0 Å². The minimum Gasteiger partial charge on any atom is -0.493 e. The van der Waals surface area contributed by atoms with Crippen LogP contribution in [0.25, 0.3) is 11.0 Å². The molecule has 4 rings (SSSR count). The number of nitrogens with zero attached hydrogens (tertiary/aromatic N) is 1. The maximum Gasteiger partial charge on any atom is 0.339 e. The van der Waals surface area contributed by atoms with Crippen LogP contribution in [0.15, 0.2) is 51.7 Å². The Morgan fingerprint density at radius 3 is 2.52 bits per heavy atom. The Morgan fingerprint density at radius 2 is 1.79 bits per heavy atom. The molecule has 0 radical (unpaired) electrons. The number of piperidine rings is 1. The van der Waals surface area contributed by atoms with Gasteiger partial charge < -0.3 is 9.15 Å². The fourth-order valence-electron chi connectivity index (χ4n) is 3.89. The van der Waals surface area contributed by atoms with Crippen LogP contribution in [0.5, 0.6) is 5.75 Å². The molecule has 1 saturated heterocycles. The van der Waals surface area contributed by atoms with Crippen molar-refractivity contribution < 1.29 is 9.15 Å². The van der Waals surface area contributed by atoms with Crippen LogP contribution in [0, 0.1) is 19.8 Å². The molecule has 0 unspecified atom stereocenters. The van der Waals surface area contributed by atoms with Crippen molar-refractivity contribution in [2.75, 3.05) is 19.7 Å². The van der Waals surface area contributed by atoms with Crippen molar-refractivity contribution in [3.63, 3.8) is 0 Å². The molecule has 5 heteroatoms. The lowest BCUT2D eigenvalue weighted by Gasteiger charge is -2.31. The summed E-state index contributed by atoms with van der Waals surface area (Å²) in [5.41, 5.74) is 3.24. The number of rotatable bonds is 5. The Labute approximate surface area is 176 Å². The molecule has 0 bridgehead atoms. The minimum atomic E-state index is -0.278. The van der Waals surface area contributed by atoms with Crippen molar-refractivity contribution in [1.82, 2.24) is 4.90 Å². The van der Waals surface area contributed by atoms with Crippen LogP contribution < -0.4 is 10.4 Å². The average molecular weight is 412 g/mol. The first-order valence-corrected chi connectivity index (χ1v) is 10.5. The Balaban J connectivity index is 1.31. The Morgan fingerprint density at radius 1 is 1.07 bits per heavy atom. The molecule has 1 fully saturated rings. The minimum absolute atomic E-state index is 0.278. The monoisotopic (exact) mass is 411 g/mol. The van der Waals surface area contributed by atoms with Crippen molar-refractivity contribution in [2.45, 2.75) is 33.2 Å². The fourth-order valence-corrected chi connectivity index (χ4v) is 4.02. The molecule has 0 aliphatic carbocycles. The van der Waals surface area contributed by atoms with E-state index >= 15 is 0 Å². The van der Waals surface area contributed by atoms with Crippen LogP contribution in [0.2, 0.25) is 5.02 Å². The SMILES string of the molecule is Cc1c(C)c2ccc(OCC3CCN(Cc4ccc(Cl)cc4)CC3)cc2oc1=O. The third-order valence-corrected chi connectivity index (χ3v) is 6.19. The smallest absolute Gasteiger partial charge is 0.339 e. The van der Waals surface area contributed by atoms with E-state index in [4.69, 9.17) is 20.8 Å². The molecule has 0 N–H and O–H groups in total. The summed E-state index contributed by atoms with van der Waals surface area (Å²) in [5, 5.41) is 1.74. The third kappa shape index (κ3) is 4.65. The molecule has 1 aromatic heterocycles. The standard InChI is InChI=1S/C24H26ClNO3/c1-16-17(2)24(27)29-23-13-21(7-8-22(16)23)28-15-19-9-11-26(12-10-19)14-18-3-5-20(25)6-4-18/h3-8,13,19H,9-12,14-15H2,1-2H3. The van der Waals surface area contributed by atoms with Gasteiger partial charge in [0.15, 0.2) is 0 Å². The van der Waals surface area contributed by atoms with Crippen LogP contribution in [0.1, 0.15) is 29.5 Å². The molecule has 1 aliphatic rings. The summed E-state index contributed by atoms with van der Waals surface area (Å²) in [4.78, 5) is 14.4. The van der Waals surface area contributed by atoms with Crippen molar-refractivity contribution >= 4 is 22.6 Å². The summed E-state index contributed by atoms with van der Waals surface area (Å²) in [6.07, 6.45) is 2.24. The van der Waals surface area contributed by atoms with E-state index in [1.807, 2.05) is 37.3 Å². The first-order chi connectivity index (χ1) is 14.0.